The van der Waals surface area contributed by atoms with Crippen LogP contribution in [0.25, 0.3) is 0 Å². The van der Waals surface area contributed by atoms with Gasteiger partial charge in [0.05, 0.1) is 11.9 Å². The van der Waals surface area contributed by atoms with Crippen molar-refractivity contribution in [3.8, 4) is 0 Å². The molecule has 0 amide bonds. The van der Waals surface area contributed by atoms with Crippen LogP contribution in [0.5, 0.6) is 0 Å². The van der Waals surface area contributed by atoms with Gasteiger partial charge in [0, 0.05) is 13.1 Å². The molecule has 3 nitrogen and oxygen atoms in total. The molecule has 78 valence electrons. The molecule has 0 saturated heterocycles. The molecule has 1 saturated carbocycles. The highest BCUT2D eigenvalue weighted by molar-refractivity contribution is 5.92. The summed E-state index contributed by atoms with van der Waals surface area (Å²) in [5.74, 6) is 0.813. The first kappa shape index (κ1) is 9.56. The smallest absolute Gasteiger partial charge is 0.177 e. The van der Waals surface area contributed by atoms with Crippen molar-refractivity contribution < 1.29 is 4.79 Å². The molecule has 1 aliphatic carbocycles. The second-order valence-electron chi connectivity index (χ2n) is 4.30. The average Bonchev–Trinajstić information content (AvgIpc) is 2.68. The lowest BCUT2D eigenvalue weighted by Gasteiger charge is -2.28. The van der Waals surface area contributed by atoms with Gasteiger partial charge in [-0.15, -0.1) is 0 Å². The van der Waals surface area contributed by atoms with Gasteiger partial charge in [-0.05, 0) is 18.8 Å². The van der Waals surface area contributed by atoms with Crippen LogP contribution < -0.4 is 10.6 Å². The Labute approximate surface area is 84.9 Å². The molecule has 0 spiro atoms. The van der Waals surface area contributed by atoms with Gasteiger partial charge in [0.2, 0.25) is 0 Å². The second-order valence-corrected chi connectivity index (χ2v) is 4.30. The maximum Gasteiger partial charge on any atom is 0.177 e. The predicted molar refractivity (Wildman–Crippen MR) is 55.4 cm³/mol. The molecule has 3 heteroatoms. The van der Waals surface area contributed by atoms with E-state index in [0.29, 0.717) is 12.1 Å². The zero-order valence-corrected chi connectivity index (χ0v) is 8.68. The van der Waals surface area contributed by atoms with Crippen molar-refractivity contribution in [1.82, 2.24) is 10.6 Å². The molecule has 1 fully saturated rings. The van der Waals surface area contributed by atoms with Gasteiger partial charge < -0.3 is 10.6 Å². The summed E-state index contributed by atoms with van der Waals surface area (Å²) in [7, 11) is 0. The maximum atomic E-state index is 11.1. The molecular weight excluding hydrogens is 176 g/mol. The molecule has 0 radical (unpaired) electrons. The van der Waals surface area contributed by atoms with Crippen LogP contribution >= 0.6 is 0 Å². The third kappa shape index (κ3) is 1.91. The zero-order valence-electron chi connectivity index (χ0n) is 8.68. The van der Waals surface area contributed by atoms with Crippen LogP contribution in [-0.2, 0) is 4.79 Å². The van der Waals surface area contributed by atoms with Crippen LogP contribution in [0.2, 0.25) is 0 Å². The Kier molecular flexibility index (Phi) is 2.75. The summed E-state index contributed by atoms with van der Waals surface area (Å²) < 4.78 is 0. The van der Waals surface area contributed by atoms with E-state index < -0.39 is 0 Å². The van der Waals surface area contributed by atoms with Crippen molar-refractivity contribution in [2.24, 2.45) is 5.92 Å². The van der Waals surface area contributed by atoms with Gasteiger partial charge >= 0.3 is 0 Å². The van der Waals surface area contributed by atoms with E-state index in [-0.39, 0.29) is 5.78 Å². The minimum Gasteiger partial charge on any atom is -0.369 e. The molecule has 2 aliphatic rings. The van der Waals surface area contributed by atoms with E-state index in [9.17, 15) is 4.79 Å². The third-order valence-electron chi connectivity index (χ3n) is 3.22. The van der Waals surface area contributed by atoms with Crippen molar-refractivity contribution in [3.63, 3.8) is 0 Å². The lowest BCUT2D eigenvalue weighted by Crippen LogP contribution is -2.41. The Hall–Kier alpha value is -0.990. The SMILES string of the molecule is CC(=O)C1=CNC(C2CCCCC2)N1. The van der Waals surface area contributed by atoms with Gasteiger partial charge in [-0.25, -0.2) is 0 Å². The normalized spacial score (nSPS) is 27.8. The number of allylic oxidation sites excluding steroid dienone is 1. The molecule has 0 aromatic heterocycles. The molecule has 1 heterocycles. The molecular formula is C11H18N2O. The van der Waals surface area contributed by atoms with Gasteiger partial charge in [0.25, 0.3) is 0 Å². The number of nitrogens with one attached hydrogen (secondary N) is 2. The highest BCUT2D eigenvalue weighted by atomic mass is 16.1. The third-order valence-corrected chi connectivity index (χ3v) is 3.22. The van der Waals surface area contributed by atoms with Crippen molar-refractivity contribution >= 4 is 5.78 Å². The first-order valence-corrected chi connectivity index (χ1v) is 5.51. The van der Waals surface area contributed by atoms with Crippen molar-refractivity contribution in [2.45, 2.75) is 45.2 Å². The van der Waals surface area contributed by atoms with E-state index in [4.69, 9.17) is 0 Å². The van der Waals surface area contributed by atoms with Gasteiger partial charge in [0.1, 0.15) is 0 Å². The standard InChI is InChI=1S/C11H18N2O/c1-8(14)10-7-12-11(13-10)9-5-3-2-4-6-9/h7,9,11-13H,2-6H2,1H3. The molecule has 14 heavy (non-hydrogen) atoms. The molecule has 1 atom stereocenters. The van der Waals surface area contributed by atoms with Gasteiger partial charge in [-0.1, -0.05) is 19.3 Å². The topological polar surface area (TPSA) is 41.1 Å². The Morgan fingerprint density at radius 2 is 2.07 bits per heavy atom. The highest BCUT2D eigenvalue weighted by Gasteiger charge is 2.27. The summed E-state index contributed by atoms with van der Waals surface area (Å²) in [6.45, 7) is 1.60. The zero-order chi connectivity index (χ0) is 9.97. The lowest BCUT2D eigenvalue weighted by atomic mass is 9.87. The fraction of sp³-hybridized carbons (Fsp3) is 0.727. The van der Waals surface area contributed by atoms with Gasteiger partial charge in [-0.3, -0.25) is 4.79 Å². The van der Waals surface area contributed by atoms with Crippen molar-refractivity contribution in [1.29, 1.82) is 0 Å². The van der Waals surface area contributed by atoms with Gasteiger partial charge in [0.15, 0.2) is 5.78 Å². The first-order valence-electron chi connectivity index (χ1n) is 5.51. The predicted octanol–water partition coefficient (Wildman–Crippen LogP) is 1.52. The summed E-state index contributed by atoms with van der Waals surface area (Å²) in [5.41, 5.74) is 0.737. The number of ketones is 1. The molecule has 2 rings (SSSR count). The van der Waals surface area contributed by atoms with Crippen LogP contribution in [0.15, 0.2) is 11.9 Å². The first-order chi connectivity index (χ1) is 6.77. The van der Waals surface area contributed by atoms with E-state index in [0.717, 1.165) is 5.70 Å². The second kappa shape index (κ2) is 4.03. The van der Waals surface area contributed by atoms with E-state index in [1.165, 1.54) is 32.1 Å². The van der Waals surface area contributed by atoms with Crippen LogP contribution in [0.3, 0.4) is 0 Å². The highest BCUT2D eigenvalue weighted by Crippen LogP contribution is 2.27. The van der Waals surface area contributed by atoms with Gasteiger partial charge in [-0.2, -0.15) is 0 Å². The lowest BCUT2D eigenvalue weighted by molar-refractivity contribution is -0.113. The van der Waals surface area contributed by atoms with Crippen LogP contribution in [0.4, 0.5) is 0 Å². The number of carbonyl (C=O) groups excluding carboxylic acids is 1. The minimum atomic E-state index is 0.121. The number of carbonyl (C=O) groups is 1. The van der Waals surface area contributed by atoms with E-state index in [2.05, 4.69) is 10.6 Å². The number of rotatable bonds is 2. The maximum absolute atomic E-state index is 11.1. The Balaban J connectivity index is 1.87. The molecule has 1 unspecified atom stereocenters. The van der Waals surface area contributed by atoms with E-state index in [1.807, 2.05) is 6.20 Å². The Morgan fingerprint density at radius 3 is 2.64 bits per heavy atom. The summed E-state index contributed by atoms with van der Waals surface area (Å²) in [6.07, 6.45) is 8.72. The summed E-state index contributed by atoms with van der Waals surface area (Å²) in [4.78, 5) is 11.1. The van der Waals surface area contributed by atoms with Crippen LogP contribution in [0, 0.1) is 5.92 Å². The Bertz CT molecular complexity index is 254. The number of hydrogen-bond acceptors (Lipinski definition) is 3. The van der Waals surface area contributed by atoms with E-state index in [1.54, 1.807) is 6.92 Å². The van der Waals surface area contributed by atoms with Crippen molar-refractivity contribution in [3.05, 3.63) is 11.9 Å². The molecule has 0 aromatic carbocycles. The van der Waals surface area contributed by atoms with Crippen LogP contribution in [0.1, 0.15) is 39.0 Å². The number of Topliss-reactive ketones (excluding diaryl/α,β-unsaturated/α-hetero) is 1. The summed E-state index contributed by atoms with van der Waals surface area (Å²) >= 11 is 0. The Morgan fingerprint density at radius 1 is 1.36 bits per heavy atom. The molecule has 2 N–H and O–H groups in total. The van der Waals surface area contributed by atoms with Crippen LogP contribution in [-0.4, -0.2) is 11.9 Å². The summed E-state index contributed by atoms with van der Waals surface area (Å²) in [6, 6.07) is 0. The fourth-order valence-corrected chi connectivity index (χ4v) is 2.35. The quantitative estimate of drug-likeness (QED) is 0.700. The average molecular weight is 194 g/mol. The monoisotopic (exact) mass is 194 g/mol. The molecule has 0 aromatic rings. The summed E-state index contributed by atoms with van der Waals surface area (Å²) in [5, 5.41) is 6.52. The minimum absolute atomic E-state index is 0.121. The largest absolute Gasteiger partial charge is 0.369 e. The van der Waals surface area contributed by atoms with E-state index >= 15 is 0 Å². The van der Waals surface area contributed by atoms with Crippen molar-refractivity contribution in [2.75, 3.05) is 0 Å². The fourth-order valence-electron chi connectivity index (χ4n) is 2.35. The molecule has 0 bridgehead atoms. The molecule has 1 aliphatic heterocycles. The number of hydrogen-bond donors (Lipinski definition) is 2.